The molecule has 0 radical (unpaired) electrons. The van der Waals surface area contributed by atoms with E-state index in [4.69, 9.17) is 4.74 Å². The molecule has 126 valence electrons. The third-order valence-corrected chi connectivity index (χ3v) is 4.69. The van der Waals surface area contributed by atoms with Gasteiger partial charge in [-0.15, -0.1) is 0 Å². The topological polar surface area (TPSA) is 67.9 Å². The summed E-state index contributed by atoms with van der Waals surface area (Å²) in [4.78, 5) is 17.7. The van der Waals surface area contributed by atoms with E-state index in [1.54, 1.807) is 37.4 Å². The quantitative estimate of drug-likeness (QED) is 0.658. The lowest BCUT2D eigenvalue weighted by atomic mass is 10.2. The smallest absolute Gasteiger partial charge is 0.262 e. The van der Waals surface area contributed by atoms with Crippen molar-refractivity contribution in [2.24, 2.45) is 0 Å². The lowest BCUT2D eigenvalue weighted by Gasteiger charge is -2.13. The minimum atomic E-state index is -0.598. The van der Waals surface area contributed by atoms with E-state index in [0.717, 1.165) is 11.8 Å². The Balaban J connectivity index is 2.16. The van der Waals surface area contributed by atoms with Crippen molar-refractivity contribution >= 4 is 22.7 Å². The molecule has 0 aliphatic rings. The van der Waals surface area contributed by atoms with Crippen LogP contribution in [0.25, 0.3) is 10.9 Å². The second kappa shape index (κ2) is 7.47. The van der Waals surface area contributed by atoms with Gasteiger partial charge in [-0.3, -0.25) is 9.36 Å². The van der Waals surface area contributed by atoms with Crippen LogP contribution in [0.1, 0.15) is 5.56 Å². The first-order valence-electron chi connectivity index (χ1n) is 7.50. The molecule has 0 atom stereocenters. The van der Waals surface area contributed by atoms with E-state index in [9.17, 15) is 14.4 Å². The van der Waals surface area contributed by atoms with Crippen LogP contribution in [0, 0.1) is 17.1 Å². The van der Waals surface area contributed by atoms with Gasteiger partial charge in [-0.1, -0.05) is 30.0 Å². The number of methoxy groups -OCH3 is 1. The van der Waals surface area contributed by atoms with E-state index in [1.165, 1.54) is 16.7 Å². The van der Waals surface area contributed by atoms with Gasteiger partial charge < -0.3 is 4.74 Å². The summed E-state index contributed by atoms with van der Waals surface area (Å²) in [7, 11) is 1.55. The lowest BCUT2D eigenvalue weighted by molar-refractivity contribution is 0.183. The molecule has 7 heteroatoms. The molecular formula is C18H14FN3O2S. The Morgan fingerprint density at radius 2 is 2.08 bits per heavy atom. The van der Waals surface area contributed by atoms with Crippen LogP contribution in [0.5, 0.6) is 0 Å². The summed E-state index contributed by atoms with van der Waals surface area (Å²) in [5, 5.41) is 10.1. The molecule has 0 bridgehead atoms. The second-order valence-electron chi connectivity index (χ2n) is 5.19. The highest BCUT2D eigenvalue weighted by molar-refractivity contribution is 7.99. The molecule has 0 aliphatic heterocycles. The zero-order valence-corrected chi connectivity index (χ0v) is 14.2. The highest BCUT2D eigenvalue weighted by Crippen LogP contribution is 2.30. The third-order valence-electron chi connectivity index (χ3n) is 3.63. The Bertz CT molecular complexity index is 1030. The summed E-state index contributed by atoms with van der Waals surface area (Å²) in [6.45, 7) is 0.647. The van der Waals surface area contributed by atoms with Crippen molar-refractivity contribution in [1.82, 2.24) is 9.55 Å². The Morgan fingerprint density at radius 1 is 1.28 bits per heavy atom. The van der Waals surface area contributed by atoms with Gasteiger partial charge in [0.05, 0.1) is 24.1 Å². The largest absolute Gasteiger partial charge is 0.383 e. The number of hydrogen-bond acceptors (Lipinski definition) is 5. The number of rotatable bonds is 5. The van der Waals surface area contributed by atoms with Crippen LogP contribution in [0.15, 0.2) is 57.3 Å². The van der Waals surface area contributed by atoms with Crippen LogP contribution in [0.4, 0.5) is 4.39 Å². The fourth-order valence-corrected chi connectivity index (χ4v) is 3.42. The SMILES string of the molecule is COCCn1c(Sc2cccc(F)c2C#N)nc2ccccc2c1=O. The predicted octanol–water partition coefficient (Wildman–Crippen LogP) is 3.20. The highest BCUT2D eigenvalue weighted by atomic mass is 32.2. The van der Waals surface area contributed by atoms with E-state index >= 15 is 0 Å². The van der Waals surface area contributed by atoms with Crippen LogP contribution >= 0.6 is 11.8 Å². The summed E-state index contributed by atoms with van der Waals surface area (Å²) in [5.74, 6) is -0.598. The van der Waals surface area contributed by atoms with E-state index in [-0.39, 0.29) is 11.1 Å². The van der Waals surface area contributed by atoms with Gasteiger partial charge in [0.25, 0.3) is 5.56 Å². The number of nitriles is 1. The van der Waals surface area contributed by atoms with Crippen molar-refractivity contribution in [3.63, 3.8) is 0 Å². The number of halogens is 1. The summed E-state index contributed by atoms with van der Waals surface area (Å²) in [5.41, 5.74) is 0.298. The van der Waals surface area contributed by atoms with Gasteiger partial charge in [0.15, 0.2) is 5.16 Å². The second-order valence-corrected chi connectivity index (χ2v) is 6.20. The zero-order valence-electron chi connectivity index (χ0n) is 13.4. The maximum atomic E-state index is 13.8. The molecule has 0 spiro atoms. The van der Waals surface area contributed by atoms with Gasteiger partial charge >= 0.3 is 0 Å². The Labute approximate surface area is 147 Å². The average Bonchev–Trinajstić information content (AvgIpc) is 2.62. The summed E-state index contributed by atoms with van der Waals surface area (Å²) >= 11 is 1.09. The molecule has 0 saturated heterocycles. The predicted molar refractivity (Wildman–Crippen MR) is 93.1 cm³/mol. The number of aromatic nitrogens is 2. The monoisotopic (exact) mass is 355 g/mol. The Kier molecular flexibility index (Phi) is 5.12. The summed E-state index contributed by atoms with van der Waals surface area (Å²) in [6, 6.07) is 13.3. The van der Waals surface area contributed by atoms with Crippen molar-refractivity contribution in [2.75, 3.05) is 13.7 Å². The molecule has 25 heavy (non-hydrogen) atoms. The first-order chi connectivity index (χ1) is 12.2. The molecule has 3 rings (SSSR count). The first kappa shape index (κ1) is 17.1. The van der Waals surface area contributed by atoms with Gasteiger partial charge in [-0.05, 0) is 24.3 Å². The number of ether oxygens (including phenoxy) is 1. The van der Waals surface area contributed by atoms with Gasteiger partial charge in [0.1, 0.15) is 17.4 Å². The fourth-order valence-electron chi connectivity index (χ4n) is 2.40. The van der Waals surface area contributed by atoms with Crippen molar-refractivity contribution in [3.05, 3.63) is 64.2 Å². The molecule has 2 aromatic carbocycles. The fraction of sp³-hybridized carbons (Fsp3) is 0.167. The van der Waals surface area contributed by atoms with Crippen LogP contribution in [-0.2, 0) is 11.3 Å². The van der Waals surface area contributed by atoms with E-state index in [2.05, 4.69) is 4.98 Å². The molecule has 3 aromatic rings. The molecule has 5 nitrogen and oxygen atoms in total. The molecule has 0 unspecified atom stereocenters. The molecule has 0 saturated carbocycles. The first-order valence-corrected chi connectivity index (χ1v) is 8.32. The maximum absolute atomic E-state index is 13.8. The number of fused-ring (bicyclic) bond motifs is 1. The van der Waals surface area contributed by atoms with Gasteiger partial charge in [0.2, 0.25) is 0 Å². The maximum Gasteiger partial charge on any atom is 0.262 e. The minimum Gasteiger partial charge on any atom is -0.383 e. The molecule has 1 aromatic heterocycles. The minimum absolute atomic E-state index is 0.0619. The van der Waals surface area contributed by atoms with Gasteiger partial charge in [0, 0.05) is 12.0 Å². The van der Waals surface area contributed by atoms with Crippen LogP contribution in [0.3, 0.4) is 0 Å². The Morgan fingerprint density at radius 3 is 2.84 bits per heavy atom. The summed E-state index contributed by atoms with van der Waals surface area (Å²) < 4.78 is 20.4. The van der Waals surface area contributed by atoms with Crippen molar-refractivity contribution in [2.45, 2.75) is 16.6 Å². The van der Waals surface area contributed by atoms with Crippen LogP contribution < -0.4 is 5.56 Å². The Hall–Kier alpha value is -2.69. The molecular weight excluding hydrogens is 341 g/mol. The highest BCUT2D eigenvalue weighted by Gasteiger charge is 2.15. The lowest BCUT2D eigenvalue weighted by Crippen LogP contribution is -2.25. The van der Waals surface area contributed by atoms with Crippen molar-refractivity contribution in [1.29, 1.82) is 5.26 Å². The number of para-hydroxylation sites is 1. The van der Waals surface area contributed by atoms with Crippen molar-refractivity contribution < 1.29 is 9.13 Å². The third kappa shape index (κ3) is 3.40. The zero-order chi connectivity index (χ0) is 17.8. The average molecular weight is 355 g/mol. The van der Waals surface area contributed by atoms with Crippen molar-refractivity contribution in [3.8, 4) is 6.07 Å². The molecule has 0 amide bonds. The molecule has 1 heterocycles. The van der Waals surface area contributed by atoms with E-state index in [0.29, 0.717) is 34.1 Å². The number of nitrogens with zero attached hydrogens (tertiary/aromatic N) is 3. The van der Waals surface area contributed by atoms with Gasteiger partial charge in [-0.25, -0.2) is 9.37 Å². The summed E-state index contributed by atoms with van der Waals surface area (Å²) in [6.07, 6.45) is 0. The van der Waals surface area contributed by atoms with Crippen LogP contribution in [-0.4, -0.2) is 23.3 Å². The molecule has 0 fully saturated rings. The van der Waals surface area contributed by atoms with Gasteiger partial charge in [-0.2, -0.15) is 5.26 Å². The van der Waals surface area contributed by atoms with E-state index < -0.39 is 5.82 Å². The number of benzene rings is 2. The molecule has 0 aliphatic carbocycles. The van der Waals surface area contributed by atoms with E-state index in [1.807, 2.05) is 6.07 Å². The standard InChI is InChI=1S/C18H14FN3O2S/c1-24-10-9-22-17(23)12-5-2-3-7-15(12)21-18(22)25-16-8-4-6-14(19)13(16)11-20/h2-8H,9-10H2,1H3. The normalized spacial score (nSPS) is 10.8. The number of hydrogen-bond donors (Lipinski definition) is 0. The molecule has 0 N–H and O–H groups in total. The van der Waals surface area contributed by atoms with Crippen LogP contribution in [0.2, 0.25) is 0 Å².